The number of fused-ring (bicyclic) bond motifs is 2. The Morgan fingerprint density at radius 1 is 1.34 bits per heavy atom. The Kier molecular flexibility index (Phi) is 5.70. The zero-order valence-corrected chi connectivity index (χ0v) is 19.9. The molecule has 2 atom stereocenters. The lowest BCUT2D eigenvalue weighted by Gasteiger charge is -2.22. The van der Waals surface area contributed by atoms with Crippen LogP contribution in [0, 0.1) is 18.8 Å². The van der Waals surface area contributed by atoms with Crippen LogP contribution in [-0.4, -0.2) is 66.4 Å². The maximum Gasteiger partial charge on any atom is 0.246 e. The first kappa shape index (κ1) is 22.6. The average molecular weight is 471 g/mol. The zero-order valence-electron chi connectivity index (χ0n) is 19.9. The molecule has 0 aliphatic carbocycles. The number of benzene rings is 1. The second-order valence-electron chi connectivity index (χ2n) is 8.62. The summed E-state index contributed by atoms with van der Waals surface area (Å²) in [5.41, 5.74) is 10.1. The van der Waals surface area contributed by atoms with Crippen molar-refractivity contribution >= 4 is 33.8 Å². The molecule has 3 aromatic heterocycles. The summed E-state index contributed by atoms with van der Waals surface area (Å²) < 4.78 is 9.18. The normalized spacial score (nSPS) is 17.6. The molecule has 10 nitrogen and oxygen atoms in total. The molecule has 5 rings (SSSR count). The number of nitrogen functional groups attached to an aromatic ring is 1. The van der Waals surface area contributed by atoms with Crippen LogP contribution in [0.4, 0.5) is 5.82 Å². The molecular weight excluding hydrogens is 444 g/mol. The van der Waals surface area contributed by atoms with Crippen molar-refractivity contribution in [2.24, 2.45) is 7.05 Å². The van der Waals surface area contributed by atoms with Crippen LogP contribution in [0.3, 0.4) is 0 Å². The van der Waals surface area contributed by atoms with E-state index < -0.39 is 0 Å². The smallest absolute Gasteiger partial charge is 0.246 e. The predicted octanol–water partition coefficient (Wildman–Crippen LogP) is 1.98. The van der Waals surface area contributed by atoms with Gasteiger partial charge in [0.05, 0.1) is 35.1 Å². The molecule has 4 aromatic rings. The van der Waals surface area contributed by atoms with Crippen LogP contribution in [0.15, 0.2) is 37.2 Å². The molecular formula is C25H26N8O2. The van der Waals surface area contributed by atoms with Crippen molar-refractivity contribution in [1.29, 1.82) is 0 Å². The minimum Gasteiger partial charge on any atom is -0.383 e. The summed E-state index contributed by atoms with van der Waals surface area (Å²) in [6, 6.07) is 5.70. The Morgan fingerprint density at radius 3 is 2.94 bits per heavy atom. The van der Waals surface area contributed by atoms with Crippen molar-refractivity contribution in [1.82, 2.24) is 34.2 Å². The number of likely N-dealkylation sites (tertiary alicyclic amines) is 1. The third-order valence-electron chi connectivity index (χ3n) is 6.50. The average Bonchev–Trinajstić information content (AvgIpc) is 3.52. The molecule has 0 unspecified atom stereocenters. The summed E-state index contributed by atoms with van der Waals surface area (Å²) in [5, 5.41) is 5.39. The molecule has 0 bridgehead atoms. The van der Waals surface area contributed by atoms with E-state index in [2.05, 4.69) is 33.4 Å². The Morgan fingerprint density at radius 2 is 2.17 bits per heavy atom. The number of methoxy groups -OCH3 is 1. The Hall–Kier alpha value is -4.23. The number of nitrogens with two attached hydrogens (primary N) is 1. The molecule has 0 saturated carbocycles. The quantitative estimate of drug-likeness (QED) is 0.358. The second kappa shape index (κ2) is 8.85. The van der Waals surface area contributed by atoms with Crippen molar-refractivity contribution in [2.45, 2.75) is 25.4 Å². The van der Waals surface area contributed by atoms with E-state index in [0.717, 1.165) is 22.4 Å². The number of rotatable bonds is 4. The summed E-state index contributed by atoms with van der Waals surface area (Å²) in [6.07, 6.45) is 3.40. The van der Waals surface area contributed by atoms with Gasteiger partial charge in [0.2, 0.25) is 5.91 Å². The second-order valence-corrected chi connectivity index (χ2v) is 8.62. The van der Waals surface area contributed by atoms with Crippen LogP contribution in [0.5, 0.6) is 0 Å². The molecule has 1 aliphatic heterocycles. The summed E-state index contributed by atoms with van der Waals surface area (Å²) in [5.74, 6) is 7.48. The summed E-state index contributed by atoms with van der Waals surface area (Å²) in [4.78, 5) is 27.3. The monoisotopic (exact) mass is 470 g/mol. The van der Waals surface area contributed by atoms with E-state index in [0.29, 0.717) is 42.1 Å². The summed E-state index contributed by atoms with van der Waals surface area (Å²) in [6.45, 7) is 6.48. The first-order valence-corrected chi connectivity index (χ1v) is 11.3. The Labute approximate surface area is 202 Å². The molecule has 35 heavy (non-hydrogen) atoms. The molecule has 1 fully saturated rings. The lowest BCUT2D eigenvalue weighted by molar-refractivity contribution is -0.127. The lowest BCUT2D eigenvalue weighted by atomic mass is 10.2. The van der Waals surface area contributed by atoms with E-state index in [1.807, 2.05) is 41.4 Å². The van der Waals surface area contributed by atoms with Crippen molar-refractivity contribution in [3.05, 3.63) is 54.3 Å². The van der Waals surface area contributed by atoms with Crippen molar-refractivity contribution in [2.75, 3.05) is 26.0 Å². The largest absolute Gasteiger partial charge is 0.383 e. The van der Waals surface area contributed by atoms with Crippen LogP contribution in [-0.2, 0) is 16.6 Å². The van der Waals surface area contributed by atoms with Gasteiger partial charge in [0.1, 0.15) is 23.7 Å². The highest BCUT2D eigenvalue weighted by Gasteiger charge is 2.37. The van der Waals surface area contributed by atoms with Gasteiger partial charge in [-0.1, -0.05) is 12.5 Å². The highest BCUT2D eigenvalue weighted by Crippen LogP contribution is 2.32. The molecule has 178 valence electrons. The maximum absolute atomic E-state index is 12.4. The first-order valence-electron chi connectivity index (χ1n) is 11.3. The van der Waals surface area contributed by atoms with E-state index in [4.69, 9.17) is 15.6 Å². The number of nitrogens with zero attached hydrogens (tertiary/aromatic N) is 7. The van der Waals surface area contributed by atoms with Gasteiger partial charge in [-0.2, -0.15) is 5.10 Å². The first-order chi connectivity index (χ1) is 16.9. The SMILES string of the molecule is C=CC(=O)N1C[C@@H](n2nc(C#Cc3ccc4nc(C)n(C)c4c3)c3c(N)ncnc32)C[C@@H]1COC. The molecule has 1 aromatic carbocycles. The third-order valence-corrected chi connectivity index (χ3v) is 6.50. The molecule has 0 radical (unpaired) electrons. The van der Waals surface area contributed by atoms with Crippen LogP contribution >= 0.6 is 0 Å². The van der Waals surface area contributed by atoms with Crippen molar-refractivity contribution < 1.29 is 9.53 Å². The van der Waals surface area contributed by atoms with E-state index in [-0.39, 0.29) is 18.0 Å². The third kappa shape index (κ3) is 3.90. The van der Waals surface area contributed by atoms with Crippen LogP contribution in [0.25, 0.3) is 22.1 Å². The fourth-order valence-corrected chi connectivity index (χ4v) is 4.66. The van der Waals surface area contributed by atoms with E-state index in [9.17, 15) is 4.79 Å². The number of anilines is 1. The number of aryl methyl sites for hydroxylation is 2. The van der Waals surface area contributed by atoms with Gasteiger partial charge in [-0.25, -0.2) is 19.6 Å². The van der Waals surface area contributed by atoms with E-state index in [1.165, 1.54) is 12.4 Å². The Bertz CT molecular complexity index is 1520. The molecule has 0 spiro atoms. The van der Waals surface area contributed by atoms with Gasteiger partial charge in [0.25, 0.3) is 0 Å². The zero-order chi connectivity index (χ0) is 24.7. The topological polar surface area (TPSA) is 117 Å². The lowest BCUT2D eigenvalue weighted by Crippen LogP contribution is -2.37. The highest BCUT2D eigenvalue weighted by molar-refractivity contribution is 5.91. The van der Waals surface area contributed by atoms with Crippen LogP contribution < -0.4 is 5.73 Å². The maximum atomic E-state index is 12.4. The van der Waals surface area contributed by atoms with Gasteiger partial charge in [0, 0.05) is 26.3 Å². The van der Waals surface area contributed by atoms with E-state index >= 15 is 0 Å². The number of carbonyl (C=O) groups is 1. The molecule has 2 N–H and O–H groups in total. The molecule has 1 amide bonds. The van der Waals surface area contributed by atoms with Gasteiger partial charge in [-0.05, 0) is 43.5 Å². The van der Waals surface area contributed by atoms with E-state index in [1.54, 1.807) is 12.0 Å². The Balaban J connectivity index is 1.55. The van der Waals surface area contributed by atoms with Gasteiger partial charge < -0.3 is 19.9 Å². The minimum atomic E-state index is -0.138. The van der Waals surface area contributed by atoms with Crippen LogP contribution in [0.2, 0.25) is 0 Å². The van der Waals surface area contributed by atoms with Gasteiger partial charge in [-0.3, -0.25) is 4.79 Å². The molecule has 1 aliphatic rings. The summed E-state index contributed by atoms with van der Waals surface area (Å²) >= 11 is 0. The number of hydrogen-bond acceptors (Lipinski definition) is 7. The fraction of sp³-hybridized carbons (Fsp3) is 0.320. The molecule has 4 heterocycles. The molecule has 10 heteroatoms. The van der Waals surface area contributed by atoms with Crippen molar-refractivity contribution in [3.8, 4) is 11.8 Å². The predicted molar refractivity (Wildman–Crippen MR) is 132 cm³/mol. The fourth-order valence-electron chi connectivity index (χ4n) is 4.66. The summed E-state index contributed by atoms with van der Waals surface area (Å²) in [7, 11) is 3.60. The van der Waals surface area contributed by atoms with Gasteiger partial charge >= 0.3 is 0 Å². The van der Waals surface area contributed by atoms with Gasteiger partial charge in [0.15, 0.2) is 5.65 Å². The van der Waals surface area contributed by atoms with Crippen molar-refractivity contribution in [3.63, 3.8) is 0 Å². The minimum absolute atomic E-state index is 0.0856. The standard InChI is InChI=1S/C25H26N8O2/c1-5-22(34)32-12-17(11-18(32)13-35-4)33-25-23(24(26)27-14-28-25)20(30-33)9-7-16-6-8-19-21(10-16)31(3)15(2)29-19/h5-6,8,10,14,17-18H,1,11-13H2,2-4H3,(H2,26,27,28)/t17-,18+/m0/s1. The number of amides is 1. The van der Waals surface area contributed by atoms with Gasteiger partial charge in [-0.15, -0.1) is 0 Å². The van der Waals surface area contributed by atoms with Crippen LogP contribution in [0.1, 0.15) is 29.5 Å². The number of hydrogen-bond donors (Lipinski definition) is 1. The number of aromatic nitrogens is 6. The number of ether oxygens (including phenoxy) is 1. The highest BCUT2D eigenvalue weighted by atomic mass is 16.5. The number of imidazole rings is 1. The number of carbonyl (C=O) groups excluding carboxylic acids is 1. The molecule has 1 saturated heterocycles.